The van der Waals surface area contributed by atoms with E-state index < -0.39 is 0 Å². The predicted octanol–water partition coefficient (Wildman–Crippen LogP) is 9.78. The number of benzene rings is 6. The fourth-order valence-electron chi connectivity index (χ4n) is 8.57. The highest BCUT2D eigenvalue weighted by Crippen LogP contribution is 2.51. The van der Waals surface area contributed by atoms with Gasteiger partial charge in [-0.2, -0.15) is 0 Å². The van der Waals surface area contributed by atoms with Crippen LogP contribution in [-0.2, 0) is 5.41 Å². The zero-order valence-corrected chi connectivity index (χ0v) is 26.6. The monoisotopic (exact) mass is 602 g/mol. The molecule has 8 aromatic rings. The second-order valence-electron chi connectivity index (χ2n) is 13.7. The molecule has 0 amide bonds. The average molecular weight is 603 g/mol. The summed E-state index contributed by atoms with van der Waals surface area (Å²) in [6, 6.07) is 51.6. The normalized spacial score (nSPS) is 16.1. The lowest BCUT2D eigenvalue weighted by molar-refractivity contribution is 0.661. The maximum Gasteiger partial charge on any atom is 0.0544 e. The van der Waals surface area contributed by atoms with Gasteiger partial charge in [0.1, 0.15) is 0 Å². The van der Waals surface area contributed by atoms with Gasteiger partial charge in [-0.15, -0.1) is 0 Å². The van der Waals surface area contributed by atoms with Crippen molar-refractivity contribution in [2.24, 2.45) is 0 Å². The molecule has 10 rings (SSSR count). The maximum absolute atomic E-state index is 2.52. The van der Waals surface area contributed by atoms with Crippen LogP contribution in [0.2, 0.25) is 0 Å². The molecule has 6 aromatic carbocycles. The van der Waals surface area contributed by atoms with Crippen molar-refractivity contribution in [3.05, 3.63) is 167 Å². The van der Waals surface area contributed by atoms with E-state index in [2.05, 4.69) is 175 Å². The van der Waals surface area contributed by atoms with Crippen LogP contribution in [0.3, 0.4) is 0 Å². The third kappa shape index (κ3) is 3.73. The highest BCUT2D eigenvalue weighted by Gasteiger charge is 2.36. The van der Waals surface area contributed by atoms with Gasteiger partial charge < -0.3 is 9.13 Å². The van der Waals surface area contributed by atoms with Crippen LogP contribution in [0.4, 0.5) is 0 Å². The summed E-state index contributed by atoms with van der Waals surface area (Å²) in [5.74, 6) is 0.297. The quantitative estimate of drug-likeness (QED) is 0.191. The third-order valence-electron chi connectivity index (χ3n) is 10.8. The fourth-order valence-corrected chi connectivity index (χ4v) is 8.57. The maximum atomic E-state index is 2.52. The van der Waals surface area contributed by atoms with Gasteiger partial charge in [0.25, 0.3) is 0 Å². The van der Waals surface area contributed by atoms with Crippen molar-refractivity contribution in [2.45, 2.75) is 31.6 Å². The first kappa shape index (κ1) is 26.6. The van der Waals surface area contributed by atoms with Gasteiger partial charge >= 0.3 is 0 Å². The minimum absolute atomic E-state index is 0.0488. The Bertz CT molecular complexity index is 2670. The zero-order chi connectivity index (χ0) is 31.3. The van der Waals surface area contributed by atoms with E-state index in [4.69, 9.17) is 0 Å². The Kier molecular flexibility index (Phi) is 5.49. The number of hydrogen-bond acceptors (Lipinski definition) is 0. The molecule has 224 valence electrons. The Morgan fingerprint density at radius 2 is 1.19 bits per heavy atom. The standard InChI is InChI=1S/C45H34N2/c1-45(2)39-19-11-9-17-33(39)35-27-38-37-26-30(22-24-43(37)47(44(38)28-40(35)45)32-15-7-4-8-16-32)29-21-23-42-36(25-29)34-18-10-12-20-41(34)46(42)31-13-5-3-6-14-31/h3-20,22-29H,21H2,1-2H3. The molecule has 2 aromatic heterocycles. The first-order valence-corrected chi connectivity index (χ1v) is 16.7. The summed E-state index contributed by atoms with van der Waals surface area (Å²) in [6.45, 7) is 4.74. The molecule has 0 saturated carbocycles. The average Bonchev–Trinajstić information content (AvgIpc) is 3.71. The zero-order valence-electron chi connectivity index (χ0n) is 26.6. The van der Waals surface area contributed by atoms with Gasteiger partial charge in [-0.25, -0.2) is 0 Å². The van der Waals surface area contributed by atoms with Crippen molar-refractivity contribution in [1.29, 1.82) is 0 Å². The molecule has 0 aliphatic heterocycles. The van der Waals surface area contributed by atoms with E-state index >= 15 is 0 Å². The van der Waals surface area contributed by atoms with E-state index in [0.717, 1.165) is 6.42 Å². The number of fused-ring (bicyclic) bond motifs is 9. The highest BCUT2D eigenvalue weighted by molar-refractivity contribution is 6.12. The molecule has 0 fully saturated rings. The summed E-state index contributed by atoms with van der Waals surface area (Å²) >= 11 is 0. The summed E-state index contributed by atoms with van der Waals surface area (Å²) in [4.78, 5) is 0. The molecule has 0 bridgehead atoms. The molecule has 47 heavy (non-hydrogen) atoms. The van der Waals surface area contributed by atoms with Crippen LogP contribution in [0.5, 0.6) is 0 Å². The molecule has 1 unspecified atom stereocenters. The Morgan fingerprint density at radius 1 is 0.532 bits per heavy atom. The third-order valence-corrected chi connectivity index (χ3v) is 10.8. The largest absolute Gasteiger partial charge is 0.310 e. The SMILES string of the molecule is CC1(C)c2ccccc2-c2cc3c4cc(C5C=c6c(n(-c7ccccc7)c7ccccc67)=CC5)ccc4n(-c4ccccc4)c3cc21. The second kappa shape index (κ2) is 9.70. The molecule has 0 saturated heterocycles. The topological polar surface area (TPSA) is 9.86 Å². The van der Waals surface area contributed by atoms with Crippen molar-refractivity contribution < 1.29 is 0 Å². The summed E-state index contributed by atoms with van der Waals surface area (Å²) in [5.41, 5.74) is 13.1. The summed E-state index contributed by atoms with van der Waals surface area (Å²) in [5, 5.41) is 6.58. The van der Waals surface area contributed by atoms with Gasteiger partial charge in [0, 0.05) is 49.4 Å². The van der Waals surface area contributed by atoms with E-state index in [-0.39, 0.29) is 5.41 Å². The molecule has 2 nitrogen and oxygen atoms in total. The lowest BCUT2D eigenvalue weighted by Gasteiger charge is -2.21. The lowest BCUT2D eigenvalue weighted by Crippen LogP contribution is -2.31. The smallest absolute Gasteiger partial charge is 0.0544 e. The minimum atomic E-state index is -0.0488. The first-order valence-electron chi connectivity index (χ1n) is 16.7. The van der Waals surface area contributed by atoms with E-state index in [9.17, 15) is 0 Å². The van der Waals surface area contributed by atoms with E-state index in [1.165, 1.54) is 82.5 Å². The number of nitrogens with zero attached hydrogens (tertiary/aromatic N) is 2. The summed E-state index contributed by atoms with van der Waals surface area (Å²) in [6.07, 6.45) is 5.94. The van der Waals surface area contributed by atoms with Crippen LogP contribution < -0.4 is 10.6 Å². The first-order chi connectivity index (χ1) is 23.1. The van der Waals surface area contributed by atoms with E-state index in [1.807, 2.05) is 0 Å². The molecule has 2 heterocycles. The van der Waals surface area contributed by atoms with Crippen LogP contribution in [0.1, 0.15) is 42.9 Å². The number of para-hydroxylation sites is 3. The van der Waals surface area contributed by atoms with Crippen LogP contribution in [0, 0.1) is 0 Å². The fraction of sp³-hybridized carbons (Fsp3) is 0.111. The molecule has 1 atom stereocenters. The van der Waals surface area contributed by atoms with Crippen molar-refractivity contribution in [3.8, 4) is 22.5 Å². The van der Waals surface area contributed by atoms with Crippen LogP contribution in [0.25, 0.3) is 67.4 Å². The number of aromatic nitrogens is 2. The molecule has 0 spiro atoms. The van der Waals surface area contributed by atoms with Crippen molar-refractivity contribution in [1.82, 2.24) is 9.13 Å². The Hall–Kier alpha value is -5.60. The Labute approximate surface area is 274 Å². The molecule has 2 aliphatic rings. The number of hydrogen-bond donors (Lipinski definition) is 0. The Balaban J connectivity index is 1.21. The van der Waals surface area contributed by atoms with Crippen molar-refractivity contribution in [2.75, 3.05) is 0 Å². The molecule has 0 radical (unpaired) electrons. The van der Waals surface area contributed by atoms with Crippen LogP contribution >= 0.6 is 0 Å². The lowest BCUT2D eigenvalue weighted by atomic mass is 9.82. The van der Waals surface area contributed by atoms with Crippen molar-refractivity contribution >= 4 is 44.9 Å². The van der Waals surface area contributed by atoms with Gasteiger partial charge in [0.15, 0.2) is 0 Å². The van der Waals surface area contributed by atoms with Gasteiger partial charge in [0.2, 0.25) is 0 Å². The van der Waals surface area contributed by atoms with Gasteiger partial charge in [-0.3, -0.25) is 0 Å². The molecule has 2 aliphatic carbocycles. The number of rotatable bonds is 3. The summed E-state index contributed by atoms with van der Waals surface area (Å²) < 4.78 is 4.89. The highest BCUT2D eigenvalue weighted by atomic mass is 15.0. The van der Waals surface area contributed by atoms with Crippen LogP contribution in [-0.4, -0.2) is 9.13 Å². The molecular weight excluding hydrogens is 569 g/mol. The summed E-state index contributed by atoms with van der Waals surface area (Å²) in [7, 11) is 0. The molecule has 0 N–H and O–H groups in total. The molecular formula is C45H34N2. The van der Waals surface area contributed by atoms with Crippen LogP contribution in [0.15, 0.2) is 140 Å². The van der Waals surface area contributed by atoms with E-state index in [1.54, 1.807) is 0 Å². The predicted molar refractivity (Wildman–Crippen MR) is 197 cm³/mol. The van der Waals surface area contributed by atoms with Gasteiger partial charge in [0.05, 0.1) is 16.6 Å². The Morgan fingerprint density at radius 3 is 2.00 bits per heavy atom. The van der Waals surface area contributed by atoms with Gasteiger partial charge in [-0.1, -0.05) is 111 Å². The molecule has 2 heteroatoms. The second-order valence-corrected chi connectivity index (χ2v) is 13.7. The van der Waals surface area contributed by atoms with Gasteiger partial charge in [-0.05, 0) is 88.8 Å². The van der Waals surface area contributed by atoms with Crippen molar-refractivity contribution in [3.63, 3.8) is 0 Å². The van der Waals surface area contributed by atoms with E-state index in [0.29, 0.717) is 5.92 Å². The minimum Gasteiger partial charge on any atom is -0.310 e.